The number of halogens is 1. The Morgan fingerprint density at radius 3 is 2.89 bits per heavy atom. The lowest BCUT2D eigenvalue weighted by Crippen LogP contribution is -2.38. The molecule has 0 amide bonds. The molecule has 1 aliphatic rings. The van der Waals surface area contributed by atoms with Gasteiger partial charge in [-0.1, -0.05) is 25.4 Å². The summed E-state index contributed by atoms with van der Waals surface area (Å²) in [4.78, 5) is 4.25. The van der Waals surface area contributed by atoms with Crippen molar-refractivity contribution in [3.05, 3.63) is 22.8 Å². The zero-order valence-electron chi connectivity index (χ0n) is 10.8. The first-order chi connectivity index (χ1) is 8.65. The van der Waals surface area contributed by atoms with E-state index in [1.165, 1.54) is 0 Å². The van der Waals surface area contributed by atoms with E-state index in [1.807, 2.05) is 6.07 Å². The molecule has 1 aromatic rings. The summed E-state index contributed by atoms with van der Waals surface area (Å²) in [6, 6.07) is 1.90. The quantitative estimate of drug-likeness (QED) is 0.861. The van der Waals surface area contributed by atoms with Crippen molar-refractivity contribution < 1.29 is 9.47 Å². The molecule has 0 spiro atoms. The van der Waals surface area contributed by atoms with Crippen molar-refractivity contribution in [3.63, 3.8) is 0 Å². The molecular weight excluding hydrogens is 252 g/mol. The van der Waals surface area contributed by atoms with Crippen molar-refractivity contribution in [2.24, 2.45) is 5.92 Å². The van der Waals surface area contributed by atoms with Crippen LogP contribution in [0.2, 0.25) is 5.02 Å². The Labute approximate surface area is 113 Å². The van der Waals surface area contributed by atoms with E-state index in [2.05, 4.69) is 24.1 Å². The van der Waals surface area contributed by atoms with Crippen molar-refractivity contribution in [3.8, 4) is 5.88 Å². The van der Waals surface area contributed by atoms with E-state index in [-0.39, 0.29) is 6.10 Å². The van der Waals surface area contributed by atoms with E-state index in [0.29, 0.717) is 30.0 Å². The number of aromatic nitrogens is 1. The summed E-state index contributed by atoms with van der Waals surface area (Å²) >= 11 is 6.14. The molecule has 0 saturated carbocycles. The molecule has 0 aromatic carbocycles. The normalized spacial score (nSPS) is 15.8. The lowest BCUT2D eigenvalue weighted by molar-refractivity contribution is -0.0813. The first-order valence-electron chi connectivity index (χ1n) is 6.24. The lowest BCUT2D eigenvalue weighted by atomic mass is 10.2. The van der Waals surface area contributed by atoms with E-state index < -0.39 is 0 Å². The van der Waals surface area contributed by atoms with Gasteiger partial charge in [-0.15, -0.1) is 0 Å². The Morgan fingerprint density at radius 2 is 2.33 bits per heavy atom. The van der Waals surface area contributed by atoms with Crippen LogP contribution in [-0.2, 0) is 11.3 Å². The van der Waals surface area contributed by atoms with Gasteiger partial charge in [0.1, 0.15) is 11.1 Å². The van der Waals surface area contributed by atoms with Crippen LogP contribution < -0.4 is 10.1 Å². The van der Waals surface area contributed by atoms with Crippen LogP contribution in [0.4, 0.5) is 0 Å². The van der Waals surface area contributed by atoms with Crippen LogP contribution in [0.25, 0.3) is 0 Å². The third-order valence-corrected chi connectivity index (χ3v) is 2.90. The molecule has 1 fully saturated rings. The number of nitrogens with zero attached hydrogens (tertiary/aromatic N) is 1. The maximum Gasteiger partial charge on any atom is 0.233 e. The SMILES string of the molecule is CC(C)CNCc1cnc(OC2COC2)c(Cl)c1. The third kappa shape index (κ3) is 3.83. The Hall–Kier alpha value is -0.840. The molecule has 0 bridgehead atoms. The van der Waals surface area contributed by atoms with Gasteiger partial charge in [0.2, 0.25) is 5.88 Å². The molecule has 0 radical (unpaired) electrons. The van der Waals surface area contributed by atoms with Crippen molar-refractivity contribution in [1.82, 2.24) is 10.3 Å². The second-order valence-corrected chi connectivity index (χ2v) is 5.34. The van der Waals surface area contributed by atoms with Gasteiger partial charge < -0.3 is 14.8 Å². The van der Waals surface area contributed by atoms with Gasteiger partial charge in [0.05, 0.1) is 13.2 Å². The van der Waals surface area contributed by atoms with E-state index in [9.17, 15) is 0 Å². The predicted molar refractivity (Wildman–Crippen MR) is 71.0 cm³/mol. The fraction of sp³-hybridized carbons (Fsp3) is 0.615. The molecule has 1 saturated heterocycles. The van der Waals surface area contributed by atoms with Gasteiger partial charge in [0.25, 0.3) is 0 Å². The molecule has 5 heteroatoms. The largest absolute Gasteiger partial charge is 0.468 e. The minimum atomic E-state index is 0.0971. The number of hydrogen-bond acceptors (Lipinski definition) is 4. The van der Waals surface area contributed by atoms with Gasteiger partial charge >= 0.3 is 0 Å². The first kappa shape index (κ1) is 13.6. The molecule has 100 valence electrons. The highest BCUT2D eigenvalue weighted by Crippen LogP contribution is 2.24. The van der Waals surface area contributed by atoms with Crippen LogP contribution in [0.5, 0.6) is 5.88 Å². The summed E-state index contributed by atoms with van der Waals surface area (Å²) < 4.78 is 10.6. The number of nitrogens with one attached hydrogen (secondary N) is 1. The molecule has 0 aliphatic carbocycles. The number of rotatable bonds is 6. The summed E-state index contributed by atoms with van der Waals surface area (Å²) in [6.07, 6.45) is 1.90. The van der Waals surface area contributed by atoms with Crippen LogP contribution in [0.3, 0.4) is 0 Å². The van der Waals surface area contributed by atoms with Gasteiger partial charge in [-0.3, -0.25) is 0 Å². The second-order valence-electron chi connectivity index (χ2n) is 4.93. The lowest BCUT2D eigenvalue weighted by Gasteiger charge is -2.26. The Morgan fingerprint density at radius 1 is 1.56 bits per heavy atom. The highest BCUT2D eigenvalue weighted by molar-refractivity contribution is 6.31. The van der Waals surface area contributed by atoms with E-state index in [1.54, 1.807) is 6.20 Å². The average molecular weight is 271 g/mol. The van der Waals surface area contributed by atoms with Crippen LogP contribution in [0, 0.1) is 5.92 Å². The second kappa shape index (κ2) is 6.36. The van der Waals surface area contributed by atoms with Gasteiger partial charge in [-0.2, -0.15) is 0 Å². The molecule has 18 heavy (non-hydrogen) atoms. The molecule has 4 nitrogen and oxygen atoms in total. The summed E-state index contributed by atoms with van der Waals surface area (Å²) in [5.41, 5.74) is 1.07. The van der Waals surface area contributed by atoms with Gasteiger partial charge in [0.15, 0.2) is 0 Å². The minimum absolute atomic E-state index is 0.0971. The topological polar surface area (TPSA) is 43.4 Å². The van der Waals surface area contributed by atoms with E-state index in [4.69, 9.17) is 21.1 Å². The van der Waals surface area contributed by atoms with Gasteiger partial charge in [-0.25, -0.2) is 4.98 Å². The number of hydrogen-bond donors (Lipinski definition) is 1. The molecule has 0 atom stereocenters. The number of pyridine rings is 1. The standard InChI is InChI=1S/C13H19ClN2O2/c1-9(2)4-15-5-10-3-12(14)13(16-6-10)18-11-7-17-8-11/h3,6,9,11,15H,4-5,7-8H2,1-2H3. The maximum atomic E-state index is 6.14. The third-order valence-electron chi connectivity index (χ3n) is 2.63. The zero-order valence-corrected chi connectivity index (χ0v) is 11.5. The number of ether oxygens (including phenoxy) is 2. The smallest absolute Gasteiger partial charge is 0.233 e. The molecule has 1 aromatic heterocycles. The van der Waals surface area contributed by atoms with Crippen LogP contribution >= 0.6 is 11.6 Å². The molecular formula is C13H19ClN2O2. The van der Waals surface area contributed by atoms with Crippen LogP contribution in [0.1, 0.15) is 19.4 Å². The molecule has 1 aliphatic heterocycles. The minimum Gasteiger partial charge on any atom is -0.468 e. The Balaban J connectivity index is 1.87. The van der Waals surface area contributed by atoms with Crippen molar-refractivity contribution in [2.45, 2.75) is 26.5 Å². The van der Waals surface area contributed by atoms with Crippen molar-refractivity contribution >= 4 is 11.6 Å². The first-order valence-corrected chi connectivity index (χ1v) is 6.62. The van der Waals surface area contributed by atoms with Gasteiger partial charge in [-0.05, 0) is 24.1 Å². The summed E-state index contributed by atoms with van der Waals surface area (Å²) in [6.45, 7) is 7.35. The molecule has 2 rings (SSSR count). The average Bonchev–Trinajstić information content (AvgIpc) is 2.25. The fourth-order valence-corrected chi connectivity index (χ4v) is 1.83. The highest BCUT2D eigenvalue weighted by Gasteiger charge is 2.21. The molecule has 2 heterocycles. The summed E-state index contributed by atoms with van der Waals surface area (Å²) in [5, 5.41) is 3.91. The van der Waals surface area contributed by atoms with Gasteiger partial charge in [0, 0.05) is 12.7 Å². The Bertz CT molecular complexity index is 395. The van der Waals surface area contributed by atoms with E-state index >= 15 is 0 Å². The van der Waals surface area contributed by atoms with Crippen molar-refractivity contribution in [1.29, 1.82) is 0 Å². The summed E-state index contributed by atoms with van der Waals surface area (Å²) in [7, 11) is 0. The zero-order chi connectivity index (χ0) is 13.0. The predicted octanol–water partition coefficient (Wildman–Crippen LogP) is 2.26. The van der Waals surface area contributed by atoms with Crippen molar-refractivity contribution in [2.75, 3.05) is 19.8 Å². The summed E-state index contributed by atoms with van der Waals surface area (Å²) in [5.74, 6) is 1.13. The Kier molecular flexibility index (Phi) is 4.80. The van der Waals surface area contributed by atoms with Crippen LogP contribution in [-0.4, -0.2) is 30.8 Å². The molecule has 1 N–H and O–H groups in total. The monoisotopic (exact) mass is 270 g/mol. The maximum absolute atomic E-state index is 6.14. The highest BCUT2D eigenvalue weighted by atomic mass is 35.5. The fourth-order valence-electron chi connectivity index (χ4n) is 1.59. The van der Waals surface area contributed by atoms with E-state index in [0.717, 1.165) is 18.7 Å². The molecule has 0 unspecified atom stereocenters. The van der Waals surface area contributed by atoms with Crippen LogP contribution in [0.15, 0.2) is 12.3 Å².